The molecule has 158 valence electrons. The molecule has 7 rings (SSSR count). The Morgan fingerprint density at radius 1 is 0.382 bits per heavy atom. The SMILES string of the molecule is c1ccc(-c2ccc(-c3ccc(-c4ccc5ccc6cccc7ccc4c5c67)cn3)cc2)cc1. The fourth-order valence-electron chi connectivity index (χ4n) is 5.18. The van der Waals surface area contributed by atoms with Gasteiger partial charge in [0.2, 0.25) is 0 Å². The number of nitrogens with zero attached hydrogens (tertiary/aromatic N) is 1. The van der Waals surface area contributed by atoms with Gasteiger partial charge in [0.1, 0.15) is 0 Å². The second-order valence-corrected chi connectivity index (χ2v) is 8.84. The van der Waals surface area contributed by atoms with E-state index in [1.54, 1.807) is 0 Å². The van der Waals surface area contributed by atoms with E-state index in [9.17, 15) is 0 Å². The van der Waals surface area contributed by atoms with Gasteiger partial charge in [-0.05, 0) is 55.1 Å². The standard InChI is InChI=1S/C33H21N/c1-2-5-22(6-3-1)23-9-11-24(12-10-23)31-20-17-28(21-34-31)29-18-15-27-14-13-25-7-4-8-26-16-19-30(29)33(27)32(25)26/h1-21H. The Morgan fingerprint density at radius 2 is 1.00 bits per heavy atom. The number of benzene rings is 6. The van der Waals surface area contributed by atoms with Crippen LogP contribution in [0.5, 0.6) is 0 Å². The molecule has 34 heavy (non-hydrogen) atoms. The van der Waals surface area contributed by atoms with Crippen LogP contribution in [0.15, 0.2) is 128 Å². The molecular formula is C33H21N. The van der Waals surface area contributed by atoms with Crippen LogP contribution in [0, 0.1) is 0 Å². The van der Waals surface area contributed by atoms with Gasteiger partial charge < -0.3 is 0 Å². The second kappa shape index (κ2) is 7.54. The smallest absolute Gasteiger partial charge is 0.0702 e. The van der Waals surface area contributed by atoms with Crippen molar-refractivity contribution in [1.29, 1.82) is 0 Å². The summed E-state index contributed by atoms with van der Waals surface area (Å²) >= 11 is 0. The highest BCUT2D eigenvalue weighted by Gasteiger charge is 2.12. The molecule has 1 heteroatoms. The van der Waals surface area contributed by atoms with Gasteiger partial charge in [-0.15, -0.1) is 0 Å². The molecule has 7 aromatic rings. The van der Waals surface area contributed by atoms with Crippen LogP contribution >= 0.6 is 0 Å². The van der Waals surface area contributed by atoms with Crippen molar-refractivity contribution in [3.05, 3.63) is 128 Å². The fourth-order valence-corrected chi connectivity index (χ4v) is 5.18. The first-order valence-corrected chi connectivity index (χ1v) is 11.6. The van der Waals surface area contributed by atoms with E-state index in [-0.39, 0.29) is 0 Å². The van der Waals surface area contributed by atoms with E-state index >= 15 is 0 Å². The molecule has 1 heterocycles. The highest BCUT2D eigenvalue weighted by molar-refractivity contribution is 6.25. The third-order valence-electron chi connectivity index (χ3n) is 6.89. The Bertz CT molecular complexity index is 1750. The molecule has 1 nitrogen and oxygen atoms in total. The topological polar surface area (TPSA) is 12.9 Å². The second-order valence-electron chi connectivity index (χ2n) is 8.84. The lowest BCUT2D eigenvalue weighted by molar-refractivity contribution is 1.33. The molecule has 0 radical (unpaired) electrons. The summed E-state index contributed by atoms with van der Waals surface area (Å²) in [6.45, 7) is 0. The van der Waals surface area contributed by atoms with E-state index in [4.69, 9.17) is 4.98 Å². The van der Waals surface area contributed by atoms with Crippen LogP contribution in [0.3, 0.4) is 0 Å². The largest absolute Gasteiger partial charge is 0.256 e. The number of pyridine rings is 1. The molecule has 1 aromatic heterocycles. The monoisotopic (exact) mass is 431 g/mol. The van der Waals surface area contributed by atoms with Gasteiger partial charge in [-0.25, -0.2) is 0 Å². The molecule has 0 atom stereocenters. The zero-order valence-electron chi connectivity index (χ0n) is 18.6. The lowest BCUT2D eigenvalue weighted by Gasteiger charge is -2.14. The first kappa shape index (κ1) is 19.0. The van der Waals surface area contributed by atoms with E-state index in [1.807, 2.05) is 12.3 Å². The maximum absolute atomic E-state index is 4.84. The van der Waals surface area contributed by atoms with E-state index in [0.717, 1.165) is 16.8 Å². The molecule has 0 aliphatic heterocycles. The van der Waals surface area contributed by atoms with Gasteiger partial charge in [-0.1, -0.05) is 115 Å². The highest BCUT2D eigenvalue weighted by atomic mass is 14.7. The first-order chi connectivity index (χ1) is 16.8. The van der Waals surface area contributed by atoms with E-state index < -0.39 is 0 Å². The van der Waals surface area contributed by atoms with Crippen molar-refractivity contribution in [2.75, 3.05) is 0 Å². The third-order valence-corrected chi connectivity index (χ3v) is 6.89. The highest BCUT2D eigenvalue weighted by Crippen LogP contribution is 2.39. The molecule has 0 unspecified atom stereocenters. The maximum atomic E-state index is 4.84. The van der Waals surface area contributed by atoms with Crippen molar-refractivity contribution < 1.29 is 0 Å². The lowest BCUT2D eigenvalue weighted by atomic mass is 9.90. The van der Waals surface area contributed by atoms with Gasteiger partial charge in [-0.3, -0.25) is 4.98 Å². The predicted molar refractivity (Wildman–Crippen MR) is 144 cm³/mol. The molecule has 0 N–H and O–H groups in total. The molecule has 6 aromatic carbocycles. The summed E-state index contributed by atoms with van der Waals surface area (Å²) in [6.07, 6.45) is 2.01. The average molecular weight is 432 g/mol. The number of aromatic nitrogens is 1. The maximum Gasteiger partial charge on any atom is 0.0702 e. The van der Waals surface area contributed by atoms with Crippen LogP contribution < -0.4 is 0 Å². The minimum atomic E-state index is 0.987. The average Bonchev–Trinajstić information content (AvgIpc) is 2.92. The zero-order valence-corrected chi connectivity index (χ0v) is 18.6. The Hall–Kier alpha value is -4.49. The molecule has 0 spiro atoms. The number of hydrogen-bond acceptors (Lipinski definition) is 1. The molecule has 0 fully saturated rings. The Labute approximate surface area is 198 Å². The molecular weight excluding hydrogens is 410 g/mol. The van der Waals surface area contributed by atoms with E-state index in [1.165, 1.54) is 49.0 Å². The number of rotatable bonds is 3. The van der Waals surface area contributed by atoms with Gasteiger partial charge in [0.05, 0.1) is 5.69 Å². The van der Waals surface area contributed by atoms with Crippen molar-refractivity contribution in [2.24, 2.45) is 0 Å². The Morgan fingerprint density at radius 3 is 1.74 bits per heavy atom. The van der Waals surface area contributed by atoms with E-state index in [0.29, 0.717) is 0 Å². The van der Waals surface area contributed by atoms with Crippen molar-refractivity contribution in [3.63, 3.8) is 0 Å². The van der Waals surface area contributed by atoms with Crippen LogP contribution in [-0.4, -0.2) is 4.98 Å². The summed E-state index contributed by atoms with van der Waals surface area (Å²) in [5, 5.41) is 7.84. The minimum Gasteiger partial charge on any atom is -0.256 e. The molecule has 0 amide bonds. The summed E-state index contributed by atoms with van der Waals surface area (Å²) in [5.41, 5.74) is 6.93. The van der Waals surface area contributed by atoms with Gasteiger partial charge in [0, 0.05) is 17.3 Å². The van der Waals surface area contributed by atoms with Gasteiger partial charge in [0.25, 0.3) is 0 Å². The molecule has 0 aliphatic carbocycles. The summed E-state index contributed by atoms with van der Waals surface area (Å²) in [7, 11) is 0. The van der Waals surface area contributed by atoms with Crippen LogP contribution in [0.25, 0.3) is 65.8 Å². The zero-order chi connectivity index (χ0) is 22.5. The number of hydrogen-bond donors (Lipinski definition) is 0. The summed E-state index contributed by atoms with van der Waals surface area (Å²) < 4.78 is 0. The van der Waals surface area contributed by atoms with Crippen molar-refractivity contribution in [3.8, 4) is 33.5 Å². The van der Waals surface area contributed by atoms with Gasteiger partial charge >= 0.3 is 0 Å². The van der Waals surface area contributed by atoms with Crippen LogP contribution in [0.4, 0.5) is 0 Å². The van der Waals surface area contributed by atoms with Crippen molar-refractivity contribution in [1.82, 2.24) is 4.98 Å². The Balaban J connectivity index is 1.29. The molecule has 0 aliphatic rings. The van der Waals surface area contributed by atoms with Gasteiger partial charge in [0.15, 0.2) is 0 Å². The summed E-state index contributed by atoms with van der Waals surface area (Å²) in [6, 6.07) is 43.4. The van der Waals surface area contributed by atoms with Crippen LogP contribution in [0.2, 0.25) is 0 Å². The molecule has 0 saturated carbocycles. The quantitative estimate of drug-likeness (QED) is 0.254. The third kappa shape index (κ3) is 2.98. The van der Waals surface area contributed by atoms with Gasteiger partial charge in [-0.2, -0.15) is 0 Å². The first-order valence-electron chi connectivity index (χ1n) is 11.6. The van der Waals surface area contributed by atoms with Crippen LogP contribution in [-0.2, 0) is 0 Å². The summed E-state index contributed by atoms with van der Waals surface area (Å²) in [5.74, 6) is 0. The molecule has 0 bridgehead atoms. The Kier molecular flexibility index (Phi) is 4.22. The lowest BCUT2D eigenvalue weighted by Crippen LogP contribution is -1.89. The van der Waals surface area contributed by atoms with Crippen molar-refractivity contribution >= 4 is 32.3 Å². The molecule has 0 saturated heterocycles. The van der Waals surface area contributed by atoms with E-state index in [2.05, 4.69) is 115 Å². The fraction of sp³-hybridized carbons (Fsp3) is 0. The normalized spacial score (nSPS) is 11.5. The minimum absolute atomic E-state index is 0.987. The summed E-state index contributed by atoms with van der Waals surface area (Å²) in [4.78, 5) is 4.84. The van der Waals surface area contributed by atoms with Crippen LogP contribution in [0.1, 0.15) is 0 Å². The van der Waals surface area contributed by atoms with Crippen molar-refractivity contribution in [2.45, 2.75) is 0 Å². The predicted octanol–water partition coefficient (Wildman–Crippen LogP) is 8.98.